The minimum atomic E-state index is -0.396. The van der Waals surface area contributed by atoms with Gasteiger partial charge in [0.05, 0.1) is 24.5 Å². The van der Waals surface area contributed by atoms with Crippen molar-refractivity contribution < 1.29 is 13.9 Å². The Morgan fingerprint density at radius 1 is 1.09 bits per heavy atom. The number of aryl methyl sites for hydroxylation is 1. The van der Waals surface area contributed by atoms with E-state index in [0.29, 0.717) is 28.3 Å². The van der Waals surface area contributed by atoms with Crippen molar-refractivity contribution in [2.24, 2.45) is 7.05 Å². The second kappa shape index (κ2) is 9.54. The molecule has 2 aromatic carbocycles. The SMILES string of the molecule is COc1cc(NC(=S)NC(=O)/C=C/c2ccco2)ccc1-c1cc2ccccc2n(C)c1=O. The fourth-order valence-corrected chi connectivity index (χ4v) is 3.69. The molecule has 4 aromatic rings. The summed E-state index contributed by atoms with van der Waals surface area (Å²) in [5.41, 5.74) is 2.52. The van der Waals surface area contributed by atoms with Crippen LogP contribution in [0.15, 0.2) is 82.2 Å². The number of hydrogen-bond acceptors (Lipinski definition) is 5. The Morgan fingerprint density at radius 3 is 2.67 bits per heavy atom. The maximum atomic E-state index is 13.0. The van der Waals surface area contributed by atoms with Gasteiger partial charge >= 0.3 is 0 Å². The molecule has 1 amide bonds. The van der Waals surface area contributed by atoms with Crippen LogP contribution >= 0.6 is 12.2 Å². The number of benzene rings is 2. The number of methoxy groups -OCH3 is 1. The Morgan fingerprint density at radius 2 is 1.91 bits per heavy atom. The summed E-state index contributed by atoms with van der Waals surface area (Å²) in [5, 5.41) is 6.60. The van der Waals surface area contributed by atoms with E-state index in [9.17, 15) is 9.59 Å². The first-order chi connectivity index (χ1) is 16.0. The Kier molecular flexibility index (Phi) is 6.37. The number of pyridine rings is 1. The molecule has 0 atom stereocenters. The average molecular weight is 460 g/mol. The molecule has 2 aromatic heterocycles. The van der Waals surface area contributed by atoms with Gasteiger partial charge in [-0.15, -0.1) is 0 Å². The topological polar surface area (TPSA) is 85.5 Å². The van der Waals surface area contributed by atoms with Crippen LogP contribution in [0.1, 0.15) is 5.76 Å². The predicted octanol–water partition coefficient (Wildman–Crippen LogP) is 4.33. The monoisotopic (exact) mass is 459 g/mol. The highest BCUT2D eigenvalue weighted by Crippen LogP contribution is 2.32. The van der Waals surface area contributed by atoms with Gasteiger partial charge in [-0.25, -0.2) is 0 Å². The number of hydrogen-bond donors (Lipinski definition) is 2. The number of amides is 1. The van der Waals surface area contributed by atoms with Crippen molar-refractivity contribution >= 4 is 45.9 Å². The normalized spacial score (nSPS) is 11.0. The van der Waals surface area contributed by atoms with E-state index >= 15 is 0 Å². The average Bonchev–Trinajstić information content (AvgIpc) is 3.34. The molecule has 166 valence electrons. The Bertz CT molecular complexity index is 1420. The zero-order chi connectivity index (χ0) is 23.4. The molecule has 0 saturated carbocycles. The summed E-state index contributed by atoms with van der Waals surface area (Å²) in [5.74, 6) is 0.663. The largest absolute Gasteiger partial charge is 0.496 e. The summed E-state index contributed by atoms with van der Waals surface area (Å²) in [6.45, 7) is 0. The number of carbonyl (C=O) groups excluding carboxylic acids is 1. The molecule has 0 fully saturated rings. The zero-order valence-corrected chi connectivity index (χ0v) is 18.8. The van der Waals surface area contributed by atoms with E-state index in [1.54, 1.807) is 48.0 Å². The molecule has 0 aliphatic heterocycles. The van der Waals surface area contributed by atoms with Crippen molar-refractivity contribution in [3.05, 3.63) is 89.1 Å². The number of nitrogens with one attached hydrogen (secondary N) is 2. The highest BCUT2D eigenvalue weighted by atomic mass is 32.1. The predicted molar refractivity (Wildman–Crippen MR) is 133 cm³/mol. The van der Waals surface area contributed by atoms with Crippen molar-refractivity contribution in [3.8, 4) is 16.9 Å². The zero-order valence-electron chi connectivity index (χ0n) is 18.0. The molecule has 0 bridgehead atoms. The lowest BCUT2D eigenvalue weighted by Gasteiger charge is -2.14. The number of nitrogens with zero attached hydrogens (tertiary/aromatic N) is 1. The summed E-state index contributed by atoms with van der Waals surface area (Å²) in [6.07, 6.45) is 4.39. The number of rotatable bonds is 5. The number of thiocarbonyl (C=S) groups is 1. The number of ether oxygens (including phenoxy) is 1. The molecule has 8 heteroatoms. The highest BCUT2D eigenvalue weighted by molar-refractivity contribution is 7.80. The molecule has 0 unspecified atom stereocenters. The van der Waals surface area contributed by atoms with Crippen LogP contribution in [0.4, 0.5) is 5.69 Å². The lowest BCUT2D eigenvalue weighted by Crippen LogP contribution is -2.32. The van der Waals surface area contributed by atoms with Gasteiger partial charge in [-0.3, -0.25) is 14.9 Å². The van der Waals surface area contributed by atoms with Crippen molar-refractivity contribution in [1.29, 1.82) is 0 Å². The molecule has 33 heavy (non-hydrogen) atoms. The molecule has 2 N–H and O–H groups in total. The molecular formula is C25H21N3O4S. The second-order valence-electron chi connectivity index (χ2n) is 7.19. The fourth-order valence-electron chi connectivity index (χ4n) is 3.47. The second-order valence-corrected chi connectivity index (χ2v) is 7.60. The van der Waals surface area contributed by atoms with E-state index in [2.05, 4.69) is 10.6 Å². The maximum absolute atomic E-state index is 13.0. The lowest BCUT2D eigenvalue weighted by atomic mass is 10.0. The molecule has 0 aliphatic rings. The molecule has 7 nitrogen and oxygen atoms in total. The molecule has 4 rings (SSSR count). The summed E-state index contributed by atoms with van der Waals surface area (Å²) < 4.78 is 12.3. The third-order valence-electron chi connectivity index (χ3n) is 5.06. The van der Waals surface area contributed by atoms with Crippen LogP contribution in [0.3, 0.4) is 0 Å². The summed E-state index contributed by atoms with van der Waals surface area (Å²) >= 11 is 5.23. The standard InChI is InChI=1S/C25H21N3O4S/c1-28-21-8-4-3-6-16(21)14-20(24(28)30)19-11-9-17(15-22(19)31-2)26-25(33)27-23(29)12-10-18-7-5-13-32-18/h3-15H,1-2H3,(H2,26,27,29,33)/b12-10+. The number of furan rings is 1. The summed E-state index contributed by atoms with van der Waals surface area (Å²) in [4.78, 5) is 25.0. The molecule has 0 saturated heterocycles. The summed E-state index contributed by atoms with van der Waals surface area (Å²) in [6, 6.07) is 18.3. The maximum Gasteiger partial charge on any atom is 0.258 e. The van der Waals surface area contributed by atoms with E-state index in [4.69, 9.17) is 21.4 Å². The number of aromatic nitrogens is 1. The Hall–Kier alpha value is -4.17. The van der Waals surface area contributed by atoms with Gasteiger partial charge in [-0.05, 0) is 60.1 Å². The molecule has 0 radical (unpaired) electrons. The van der Waals surface area contributed by atoms with Gasteiger partial charge in [0.25, 0.3) is 5.56 Å². The van der Waals surface area contributed by atoms with Gasteiger partial charge in [-0.1, -0.05) is 18.2 Å². The van der Waals surface area contributed by atoms with Gasteiger partial charge in [0.2, 0.25) is 5.91 Å². The Balaban J connectivity index is 1.54. The minimum Gasteiger partial charge on any atom is -0.496 e. The first kappa shape index (κ1) is 22.0. The van der Waals surface area contributed by atoms with E-state index in [1.165, 1.54) is 19.4 Å². The van der Waals surface area contributed by atoms with Crippen LogP contribution in [0.5, 0.6) is 5.75 Å². The quantitative estimate of drug-likeness (QED) is 0.341. The highest BCUT2D eigenvalue weighted by Gasteiger charge is 2.14. The van der Waals surface area contributed by atoms with Crippen molar-refractivity contribution in [2.75, 3.05) is 12.4 Å². The van der Waals surface area contributed by atoms with Crippen molar-refractivity contribution in [3.63, 3.8) is 0 Å². The van der Waals surface area contributed by atoms with Gasteiger partial charge < -0.3 is 19.0 Å². The first-order valence-electron chi connectivity index (χ1n) is 10.1. The Labute approximate surface area is 195 Å². The van der Waals surface area contributed by atoms with Crippen LogP contribution in [-0.2, 0) is 11.8 Å². The molecule has 0 aliphatic carbocycles. The van der Waals surface area contributed by atoms with Crippen LogP contribution in [0.25, 0.3) is 28.1 Å². The van der Waals surface area contributed by atoms with Crippen LogP contribution < -0.4 is 20.9 Å². The number of anilines is 1. The third-order valence-corrected chi connectivity index (χ3v) is 5.27. The van der Waals surface area contributed by atoms with Gasteiger partial charge in [-0.2, -0.15) is 0 Å². The van der Waals surface area contributed by atoms with Crippen LogP contribution in [0.2, 0.25) is 0 Å². The van der Waals surface area contributed by atoms with Crippen LogP contribution in [-0.4, -0.2) is 22.7 Å². The van der Waals surface area contributed by atoms with Crippen molar-refractivity contribution in [2.45, 2.75) is 0 Å². The van der Waals surface area contributed by atoms with E-state index in [-0.39, 0.29) is 10.7 Å². The fraction of sp³-hybridized carbons (Fsp3) is 0.0800. The number of fused-ring (bicyclic) bond motifs is 1. The number of carbonyl (C=O) groups is 1. The van der Waals surface area contributed by atoms with Crippen molar-refractivity contribution in [1.82, 2.24) is 9.88 Å². The minimum absolute atomic E-state index is 0.125. The van der Waals surface area contributed by atoms with Gasteiger partial charge in [0.1, 0.15) is 11.5 Å². The third kappa shape index (κ3) is 4.86. The first-order valence-corrected chi connectivity index (χ1v) is 10.5. The number of para-hydroxylation sites is 1. The van der Waals surface area contributed by atoms with E-state index < -0.39 is 5.91 Å². The van der Waals surface area contributed by atoms with E-state index in [1.807, 2.05) is 30.3 Å². The van der Waals surface area contributed by atoms with Crippen LogP contribution in [0, 0.1) is 0 Å². The molecule has 2 heterocycles. The molecular weight excluding hydrogens is 438 g/mol. The van der Waals surface area contributed by atoms with Gasteiger partial charge in [0.15, 0.2) is 5.11 Å². The van der Waals surface area contributed by atoms with Gasteiger partial charge in [0, 0.05) is 30.4 Å². The smallest absolute Gasteiger partial charge is 0.258 e. The lowest BCUT2D eigenvalue weighted by molar-refractivity contribution is -0.115. The molecule has 0 spiro atoms. The van der Waals surface area contributed by atoms with E-state index in [0.717, 1.165) is 10.9 Å². The summed E-state index contributed by atoms with van der Waals surface area (Å²) in [7, 11) is 3.28.